The van der Waals surface area contributed by atoms with Gasteiger partial charge in [-0.05, 0) is 56.5 Å². The highest BCUT2D eigenvalue weighted by molar-refractivity contribution is 5.66. The second-order valence-corrected chi connectivity index (χ2v) is 6.90. The van der Waals surface area contributed by atoms with Crippen LogP contribution in [-0.2, 0) is 4.79 Å². The molecule has 2 bridgehead atoms. The van der Waals surface area contributed by atoms with Crippen LogP contribution in [-0.4, -0.2) is 60.6 Å². The highest BCUT2D eigenvalue weighted by Gasteiger charge is 2.49. The molecule has 4 heteroatoms. The van der Waals surface area contributed by atoms with Crippen molar-refractivity contribution in [2.45, 2.75) is 25.7 Å². The summed E-state index contributed by atoms with van der Waals surface area (Å²) in [5, 5.41) is 8.80. The zero-order valence-electron chi connectivity index (χ0n) is 11.9. The molecule has 1 N–H and O–H groups in total. The van der Waals surface area contributed by atoms with Gasteiger partial charge >= 0.3 is 5.97 Å². The number of hydrogen-bond donors (Lipinski definition) is 1. The Balaban J connectivity index is 1.53. The smallest absolute Gasteiger partial charge is 0.304 e. The second-order valence-electron chi connectivity index (χ2n) is 6.90. The summed E-state index contributed by atoms with van der Waals surface area (Å²) in [4.78, 5) is 15.6. The van der Waals surface area contributed by atoms with E-state index in [-0.39, 0.29) is 0 Å². The first-order chi connectivity index (χ1) is 9.13. The maximum Gasteiger partial charge on any atom is 0.304 e. The lowest BCUT2D eigenvalue weighted by molar-refractivity contribution is -0.137. The van der Waals surface area contributed by atoms with E-state index in [0.29, 0.717) is 6.42 Å². The molecule has 4 fully saturated rings. The normalized spacial score (nSPS) is 39.8. The molecule has 1 aliphatic carbocycles. The molecule has 1 saturated carbocycles. The van der Waals surface area contributed by atoms with Crippen LogP contribution in [0.15, 0.2) is 0 Å². The molecule has 108 valence electrons. The number of nitrogens with zero attached hydrogens (tertiary/aromatic N) is 2. The lowest BCUT2D eigenvalue weighted by Gasteiger charge is -2.57. The van der Waals surface area contributed by atoms with E-state index in [1.165, 1.54) is 32.4 Å². The highest BCUT2D eigenvalue weighted by atomic mass is 16.4. The lowest BCUT2D eigenvalue weighted by Crippen LogP contribution is -2.58. The molecule has 3 atom stereocenters. The van der Waals surface area contributed by atoms with Crippen LogP contribution in [0.4, 0.5) is 0 Å². The summed E-state index contributed by atoms with van der Waals surface area (Å²) in [7, 11) is 2.25. The molecule has 0 amide bonds. The zero-order valence-corrected chi connectivity index (χ0v) is 11.9. The van der Waals surface area contributed by atoms with Gasteiger partial charge in [0.1, 0.15) is 0 Å². The third-order valence-corrected chi connectivity index (χ3v) is 5.51. The number of rotatable bonds is 4. The summed E-state index contributed by atoms with van der Waals surface area (Å²) in [5.41, 5.74) is 0. The molecule has 0 aromatic heterocycles. The molecule has 0 spiro atoms. The van der Waals surface area contributed by atoms with Gasteiger partial charge in [0.15, 0.2) is 0 Å². The summed E-state index contributed by atoms with van der Waals surface area (Å²) < 4.78 is 0. The van der Waals surface area contributed by atoms with E-state index in [1.807, 2.05) is 0 Å². The molecule has 0 radical (unpaired) electrons. The molecule has 4 rings (SSSR count). The fourth-order valence-electron chi connectivity index (χ4n) is 4.79. The van der Waals surface area contributed by atoms with Gasteiger partial charge in [0.2, 0.25) is 0 Å². The first kappa shape index (κ1) is 13.4. The zero-order chi connectivity index (χ0) is 13.4. The largest absolute Gasteiger partial charge is 0.481 e. The van der Waals surface area contributed by atoms with Gasteiger partial charge in [-0.15, -0.1) is 0 Å². The van der Waals surface area contributed by atoms with E-state index in [9.17, 15) is 4.79 Å². The predicted molar refractivity (Wildman–Crippen MR) is 74.0 cm³/mol. The van der Waals surface area contributed by atoms with Crippen LogP contribution in [0.5, 0.6) is 0 Å². The van der Waals surface area contributed by atoms with Gasteiger partial charge in [0.25, 0.3) is 0 Å². The number of likely N-dealkylation sites (tertiary alicyclic amines) is 1. The van der Waals surface area contributed by atoms with Crippen molar-refractivity contribution in [2.75, 3.05) is 39.8 Å². The van der Waals surface area contributed by atoms with Crippen LogP contribution in [0, 0.1) is 23.7 Å². The molecule has 4 aliphatic rings. The van der Waals surface area contributed by atoms with Crippen molar-refractivity contribution >= 4 is 5.97 Å². The molecular formula is C15H26N2O2. The quantitative estimate of drug-likeness (QED) is 0.834. The molecule has 0 aromatic carbocycles. The van der Waals surface area contributed by atoms with Crippen LogP contribution in [0.2, 0.25) is 0 Å². The third kappa shape index (κ3) is 2.79. The van der Waals surface area contributed by atoms with Crippen molar-refractivity contribution < 1.29 is 9.90 Å². The molecule has 3 saturated heterocycles. The number of carboxylic acids is 1. The number of carboxylic acid groups (broad SMARTS) is 1. The van der Waals surface area contributed by atoms with Gasteiger partial charge in [-0.25, -0.2) is 0 Å². The van der Waals surface area contributed by atoms with E-state index in [0.717, 1.165) is 43.3 Å². The Labute approximate surface area is 115 Å². The second kappa shape index (κ2) is 5.41. The van der Waals surface area contributed by atoms with Crippen molar-refractivity contribution in [1.29, 1.82) is 0 Å². The van der Waals surface area contributed by atoms with Gasteiger partial charge in [0, 0.05) is 26.2 Å². The van der Waals surface area contributed by atoms with Gasteiger partial charge < -0.3 is 14.9 Å². The Kier molecular flexibility index (Phi) is 3.81. The summed E-state index contributed by atoms with van der Waals surface area (Å²) in [6.07, 6.45) is 4.37. The Bertz CT molecular complexity index is 335. The minimum atomic E-state index is -0.663. The SMILES string of the molecule is CN1CC2CC(C1)C2C1CCCN(CCC(=O)O)C1. The van der Waals surface area contributed by atoms with E-state index in [4.69, 9.17) is 5.11 Å². The Morgan fingerprint density at radius 2 is 1.95 bits per heavy atom. The highest BCUT2D eigenvalue weighted by Crippen LogP contribution is 2.50. The van der Waals surface area contributed by atoms with Crippen LogP contribution in [0.3, 0.4) is 0 Å². The van der Waals surface area contributed by atoms with Crippen molar-refractivity contribution in [1.82, 2.24) is 9.80 Å². The minimum Gasteiger partial charge on any atom is -0.481 e. The van der Waals surface area contributed by atoms with Crippen molar-refractivity contribution in [3.63, 3.8) is 0 Å². The van der Waals surface area contributed by atoms with Gasteiger partial charge in [-0.3, -0.25) is 4.79 Å². The van der Waals surface area contributed by atoms with E-state index in [1.54, 1.807) is 0 Å². The number of carbonyl (C=O) groups is 1. The molecule has 19 heavy (non-hydrogen) atoms. The van der Waals surface area contributed by atoms with Gasteiger partial charge in [-0.1, -0.05) is 0 Å². The monoisotopic (exact) mass is 266 g/mol. The maximum atomic E-state index is 10.7. The summed E-state index contributed by atoms with van der Waals surface area (Å²) >= 11 is 0. The fourth-order valence-corrected chi connectivity index (χ4v) is 4.79. The fraction of sp³-hybridized carbons (Fsp3) is 0.933. The first-order valence-corrected chi connectivity index (χ1v) is 7.76. The molecule has 3 unspecified atom stereocenters. The Hall–Kier alpha value is -0.610. The van der Waals surface area contributed by atoms with Crippen molar-refractivity contribution in [3.8, 4) is 0 Å². The van der Waals surface area contributed by atoms with Crippen molar-refractivity contribution in [3.05, 3.63) is 0 Å². The Morgan fingerprint density at radius 3 is 2.63 bits per heavy atom. The topological polar surface area (TPSA) is 43.8 Å². The standard InChI is InChI=1S/C15H26N2O2/c1-16-8-12-7-13(9-16)15(12)11-3-2-5-17(10-11)6-4-14(18)19/h11-13,15H,2-10H2,1H3,(H,18,19). The lowest BCUT2D eigenvalue weighted by atomic mass is 9.56. The van der Waals surface area contributed by atoms with Crippen LogP contribution in [0.1, 0.15) is 25.7 Å². The summed E-state index contributed by atoms with van der Waals surface area (Å²) in [6, 6.07) is 0. The summed E-state index contributed by atoms with van der Waals surface area (Å²) in [6.45, 7) is 5.56. The average Bonchev–Trinajstić information content (AvgIpc) is 2.36. The van der Waals surface area contributed by atoms with Gasteiger partial charge in [-0.2, -0.15) is 0 Å². The van der Waals surface area contributed by atoms with Crippen molar-refractivity contribution in [2.24, 2.45) is 23.7 Å². The molecular weight excluding hydrogens is 240 g/mol. The molecule has 3 heterocycles. The predicted octanol–water partition coefficient (Wildman–Crippen LogP) is 1.37. The number of aliphatic carboxylic acids is 1. The number of hydrogen-bond acceptors (Lipinski definition) is 3. The van der Waals surface area contributed by atoms with E-state index < -0.39 is 5.97 Å². The van der Waals surface area contributed by atoms with Crippen LogP contribution < -0.4 is 0 Å². The van der Waals surface area contributed by atoms with Gasteiger partial charge in [0.05, 0.1) is 6.42 Å². The molecule has 3 aliphatic heterocycles. The Morgan fingerprint density at radius 1 is 1.21 bits per heavy atom. The summed E-state index contributed by atoms with van der Waals surface area (Å²) in [5.74, 6) is 2.95. The minimum absolute atomic E-state index is 0.299. The van der Waals surface area contributed by atoms with Crippen LogP contribution in [0.25, 0.3) is 0 Å². The molecule has 0 aromatic rings. The van der Waals surface area contributed by atoms with E-state index >= 15 is 0 Å². The number of fused-ring (bicyclic) bond motifs is 2. The third-order valence-electron chi connectivity index (χ3n) is 5.51. The first-order valence-electron chi connectivity index (χ1n) is 7.76. The number of piperidine rings is 3. The maximum absolute atomic E-state index is 10.7. The average molecular weight is 266 g/mol. The van der Waals surface area contributed by atoms with Crippen LogP contribution >= 0.6 is 0 Å². The van der Waals surface area contributed by atoms with E-state index in [2.05, 4.69) is 16.8 Å². The molecule has 4 nitrogen and oxygen atoms in total.